The van der Waals surface area contributed by atoms with Crippen molar-refractivity contribution in [2.24, 2.45) is 0 Å². The summed E-state index contributed by atoms with van der Waals surface area (Å²) in [5.41, 5.74) is 15.3. The van der Waals surface area contributed by atoms with Crippen molar-refractivity contribution in [1.29, 1.82) is 0 Å². The van der Waals surface area contributed by atoms with Crippen molar-refractivity contribution >= 4 is 60.2 Å². The molecule has 0 bridgehead atoms. The summed E-state index contributed by atoms with van der Waals surface area (Å²) in [6, 6.07) is 73.9. The van der Waals surface area contributed by atoms with Crippen LogP contribution in [-0.4, -0.2) is 18.9 Å². The largest absolute Gasteiger partial charge is 0.294 e. The van der Waals surface area contributed by atoms with E-state index < -0.39 is 0 Å². The predicted molar refractivity (Wildman–Crippen MR) is 242 cm³/mol. The van der Waals surface area contributed by atoms with Crippen LogP contribution in [0, 0.1) is 0 Å². The Morgan fingerprint density at radius 2 is 0.828 bits per heavy atom. The minimum absolute atomic E-state index is 0.867. The van der Waals surface area contributed by atoms with Gasteiger partial charge in [0.2, 0.25) is 0 Å². The second-order valence-electron chi connectivity index (χ2n) is 15.0. The lowest BCUT2D eigenvalue weighted by molar-refractivity contribution is 1.08. The molecular weight excluding hydrogens is 705 g/mol. The Bertz CT molecular complexity index is 3460. The van der Waals surface area contributed by atoms with Crippen molar-refractivity contribution in [2.75, 3.05) is 0 Å². The number of nitrogens with zero attached hydrogens (tertiary/aromatic N) is 4. The predicted octanol–water partition coefficient (Wildman–Crippen LogP) is 14.0. The number of aromatic nitrogens is 4. The van der Waals surface area contributed by atoms with E-state index in [0.717, 1.165) is 72.4 Å². The van der Waals surface area contributed by atoms with Crippen LogP contribution in [0.25, 0.3) is 111 Å². The van der Waals surface area contributed by atoms with Crippen LogP contribution in [0.5, 0.6) is 0 Å². The Morgan fingerprint density at radius 3 is 1.57 bits per heavy atom. The average molecular weight is 739 g/mol. The Kier molecular flexibility index (Phi) is 7.20. The molecule has 0 amide bonds. The molecule has 12 aromatic rings. The molecule has 0 saturated heterocycles. The van der Waals surface area contributed by atoms with Gasteiger partial charge in [0.1, 0.15) is 11.5 Å². The average Bonchev–Trinajstić information content (AvgIpc) is 3.85. The maximum atomic E-state index is 5.56. The lowest BCUT2D eigenvalue weighted by Gasteiger charge is -2.15. The number of imidazole rings is 1. The van der Waals surface area contributed by atoms with E-state index in [1.54, 1.807) is 0 Å². The van der Waals surface area contributed by atoms with Crippen molar-refractivity contribution in [1.82, 2.24) is 18.9 Å². The second kappa shape index (κ2) is 12.9. The van der Waals surface area contributed by atoms with Crippen molar-refractivity contribution < 1.29 is 0 Å². The molecule has 8 aromatic carbocycles. The summed E-state index contributed by atoms with van der Waals surface area (Å²) in [6.45, 7) is 0. The van der Waals surface area contributed by atoms with Gasteiger partial charge in [0.25, 0.3) is 0 Å². The van der Waals surface area contributed by atoms with E-state index >= 15 is 0 Å². The molecule has 0 atom stereocenters. The molecule has 0 unspecified atom stereocenters. The van der Waals surface area contributed by atoms with Gasteiger partial charge >= 0.3 is 0 Å². The summed E-state index contributed by atoms with van der Waals surface area (Å²) in [5.74, 6) is 0.867. The third-order valence-corrected chi connectivity index (χ3v) is 11.7. The summed E-state index contributed by atoms with van der Waals surface area (Å²) in [5, 5.41) is 5.83. The number of rotatable bonds is 5. The molecule has 0 N–H and O–H groups in total. The fourth-order valence-electron chi connectivity index (χ4n) is 8.96. The first-order valence-electron chi connectivity index (χ1n) is 19.7. The van der Waals surface area contributed by atoms with E-state index in [-0.39, 0.29) is 0 Å². The van der Waals surface area contributed by atoms with Crippen LogP contribution in [0.1, 0.15) is 0 Å². The maximum Gasteiger partial charge on any atom is 0.146 e. The smallest absolute Gasteiger partial charge is 0.146 e. The van der Waals surface area contributed by atoms with Gasteiger partial charge in [-0.2, -0.15) is 0 Å². The topological polar surface area (TPSA) is 35.1 Å². The van der Waals surface area contributed by atoms with E-state index in [1.807, 2.05) is 0 Å². The van der Waals surface area contributed by atoms with Gasteiger partial charge in [0, 0.05) is 27.1 Å². The van der Waals surface area contributed by atoms with Crippen LogP contribution in [0.3, 0.4) is 0 Å². The zero-order chi connectivity index (χ0) is 38.2. The quantitative estimate of drug-likeness (QED) is 0.165. The number of para-hydroxylation sites is 3. The number of benzene rings is 8. The number of hydrogen-bond acceptors (Lipinski definition) is 2. The third-order valence-electron chi connectivity index (χ3n) is 11.7. The molecule has 0 saturated carbocycles. The second-order valence-corrected chi connectivity index (χ2v) is 15.0. The van der Waals surface area contributed by atoms with Crippen LogP contribution in [-0.2, 0) is 0 Å². The number of pyridine rings is 2. The monoisotopic (exact) mass is 738 g/mol. The SMILES string of the molecule is c1ccc(-c2cccc(-c3cc(-c4cccc(-c5ccccc5)c4)nc(-n4c5ccccc5c5cc6c(cc54)c4ccccc4c4nc5ccccc5n64)c3)c2)cc1. The molecule has 4 nitrogen and oxygen atoms in total. The molecule has 0 fully saturated rings. The van der Waals surface area contributed by atoms with Gasteiger partial charge in [0.15, 0.2) is 0 Å². The molecule has 0 spiro atoms. The fourth-order valence-corrected chi connectivity index (χ4v) is 8.96. The van der Waals surface area contributed by atoms with E-state index in [9.17, 15) is 0 Å². The summed E-state index contributed by atoms with van der Waals surface area (Å²) in [4.78, 5) is 10.7. The lowest BCUT2D eigenvalue weighted by Crippen LogP contribution is -2.00. The van der Waals surface area contributed by atoms with Crippen molar-refractivity contribution in [3.05, 3.63) is 206 Å². The van der Waals surface area contributed by atoms with Gasteiger partial charge in [-0.1, -0.05) is 152 Å². The molecule has 270 valence electrons. The number of fused-ring (bicyclic) bond motifs is 11. The first-order valence-corrected chi connectivity index (χ1v) is 19.7. The summed E-state index contributed by atoms with van der Waals surface area (Å²) in [7, 11) is 0. The van der Waals surface area contributed by atoms with Crippen molar-refractivity contribution in [3.8, 4) is 50.5 Å². The van der Waals surface area contributed by atoms with Crippen LogP contribution < -0.4 is 0 Å². The molecular formula is C54H34N4. The standard InChI is InChI=1S/C54H34N4/c1-3-15-35(16-4-1)37-19-13-21-39(29-37)41-31-48(40-22-14-20-38(30-40)36-17-5-2-6-18-36)55-53(32-41)57-49-27-11-9-24-43(49)46-34-52-45(33-51(46)57)42-23-7-8-25-44(42)54-56-47-26-10-12-28-50(47)58(52)54/h1-34H. The summed E-state index contributed by atoms with van der Waals surface area (Å²) >= 11 is 0. The summed E-state index contributed by atoms with van der Waals surface area (Å²) < 4.78 is 4.71. The van der Waals surface area contributed by atoms with Gasteiger partial charge in [-0.25, -0.2) is 9.97 Å². The Hall–Kier alpha value is -7.82. The number of hydrogen-bond donors (Lipinski definition) is 0. The van der Waals surface area contributed by atoms with Crippen LogP contribution in [0.2, 0.25) is 0 Å². The highest BCUT2D eigenvalue weighted by Gasteiger charge is 2.20. The maximum absolute atomic E-state index is 5.56. The Morgan fingerprint density at radius 1 is 0.293 bits per heavy atom. The molecule has 0 radical (unpaired) electrons. The van der Waals surface area contributed by atoms with Crippen LogP contribution >= 0.6 is 0 Å². The van der Waals surface area contributed by atoms with Crippen molar-refractivity contribution in [2.45, 2.75) is 0 Å². The molecule has 4 aromatic heterocycles. The highest BCUT2D eigenvalue weighted by Crippen LogP contribution is 2.40. The molecule has 0 aliphatic heterocycles. The van der Waals surface area contributed by atoms with E-state index in [0.29, 0.717) is 0 Å². The van der Waals surface area contributed by atoms with Gasteiger partial charge in [-0.3, -0.25) is 8.97 Å². The zero-order valence-electron chi connectivity index (χ0n) is 31.4. The summed E-state index contributed by atoms with van der Waals surface area (Å²) in [6.07, 6.45) is 0. The molecule has 4 heteroatoms. The Labute approximate surface area is 334 Å². The molecule has 58 heavy (non-hydrogen) atoms. The highest BCUT2D eigenvalue weighted by atomic mass is 15.1. The van der Waals surface area contributed by atoms with Gasteiger partial charge in [-0.15, -0.1) is 0 Å². The van der Waals surface area contributed by atoms with Crippen molar-refractivity contribution in [3.63, 3.8) is 0 Å². The molecule has 0 aliphatic rings. The first-order chi connectivity index (χ1) is 28.7. The fraction of sp³-hybridized carbons (Fsp3) is 0. The first kappa shape index (κ1) is 32.4. The normalized spacial score (nSPS) is 11.8. The minimum Gasteiger partial charge on any atom is -0.294 e. The highest BCUT2D eigenvalue weighted by molar-refractivity contribution is 6.20. The lowest BCUT2D eigenvalue weighted by atomic mass is 9.97. The van der Waals surface area contributed by atoms with E-state index in [2.05, 4.69) is 215 Å². The van der Waals surface area contributed by atoms with Gasteiger partial charge in [-0.05, 0) is 93.4 Å². The van der Waals surface area contributed by atoms with E-state index in [1.165, 1.54) is 38.2 Å². The van der Waals surface area contributed by atoms with Crippen LogP contribution in [0.4, 0.5) is 0 Å². The zero-order valence-corrected chi connectivity index (χ0v) is 31.4. The minimum atomic E-state index is 0.867. The van der Waals surface area contributed by atoms with Gasteiger partial charge in [0.05, 0.1) is 33.3 Å². The molecule has 0 aliphatic carbocycles. The molecule has 12 rings (SSSR count). The Balaban J connectivity index is 1.16. The molecule has 4 heterocycles. The van der Waals surface area contributed by atoms with Gasteiger partial charge < -0.3 is 0 Å². The third kappa shape index (κ3) is 5.09. The van der Waals surface area contributed by atoms with Crippen LogP contribution in [0.15, 0.2) is 206 Å². The van der Waals surface area contributed by atoms with E-state index in [4.69, 9.17) is 9.97 Å².